The Morgan fingerprint density at radius 2 is 0.788 bits per heavy atom. The molecule has 0 amide bonds. The first-order valence-corrected chi connectivity index (χ1v) is 11.4. The topological polar surface area (TPSA) is 6.48 Å². The summed E-state index contributed by atoms with van der Waals surface area (Å²) in [6.07, 6.45) is -0.105. The molecule has 1 aliphatic rings. The van der Waals surface area contributed by atoms with Crippen LogP contribution in [0.25, 0.3) is 0 Å². The van der Waals surface area contributed by atoms with Crippen molar-refractivity contribution in [3.8, 4) is 0 Å². The third-order valence-corrected chi connectivity index (χ3v) is 6.11. The van der Waals surface area contributed by atoms with Gasteiger partial charge in [-0.3, -0.25) is 9.80 Å². The van der Waals surface area contributed by atoms with Crippen LogP contribution in [-0.2, 0) is 0 Å². The molecule has 1 aliphatic heterocycles. The zero-order valence-electron chi connectivity index (χ0n) is 20.9. The van der Waals surface area contributed by atoms with Crippen molar-refractivity contribution < 1.29 is 8.78 Å². The molecule has 1 heterocycles. The first kappa shape index (κ1) is 29.3. The predicted molar refractivity (Wildman–Crippen MR) is 143 cm³/mol. The van der Waals surface area contributed by atoms with Crippen molar-refractivity contribution in [3.63, 3.8) is 0 Å². The summed E-state index contributed by atoms with van der Waals surface area (Å²) < 4.78 is 32.4. The van der Waals surface area contributed by atoms with Gasteiger partial charge in [0.2, 0.25) is 0 Å². The second-order valence-electron chi connectivity index (χ2n) is 9.74. The van der Waals surface area contributed by atoms with Gasteiger partial charge in [0.1, 0.15) is 0 Å². The van der Waals surface area contributed by atoms with E-state index in [2.05, 4.69) is 55.4 Å². The Morgan fingerprint density at radius 3 is 1.00 bits per heavy atom. The van der Waals surface area contributed by atoms with Crippen molar-refractivity contribution >= 4 is 36.2 Å². The fourth-order valence-corrected chi connectivity index (χ4v) is 4.43. The van der Waals surface area contributed by atoms with Crippen LogP contribution in [0.1, 0.15) is 101 Å². The molecule has 2 nitrogen and oxygen atoms in total. The van der Waals surface area contributed by atoms with Crippen LogP contribution in [0.5, 0.6) is 0 Å². The largest absolute Gasteiger partial charge is 0.421 e. The summed E-state index contributed by atoms with van der Waals surface area (Å²) in [5.41, 5.74) is 5.03. The highest BCUT2D eigenvalue weighted by atomic mass is 35.5. The maximum Gasteiger partial charge on any atom is 0.421 e. The summed E-state index contributed by atoms with van der Waals surface area (Å²) in [7, 11) is 0. The Hall–Kier alpha value is -1.78. The molecule has 184 valence electrons. The third-order valence-electron chi connectivity index (χ3n) is 6.11. The number of hydrogen-bond acceptors (Lipinski definition) is 2. The van der Waals surface area contributed by atoms with E-state index in [9.17, 15) is 0 Å². The number of rotatable bonds is 6. The van der Waals surface area contributed by atoms with Crippen molar-refractivity contribution in [1.82, 2.24) is 0 Å². The summed E-state index contributed by atoms with van der Waals surface area (Å²) >= 11 is 0. The van der Waals surface area contributed by atoms with Crippen LogP contribution in [0.3, 0.4) is 0 Å². The van der Waals surface area contributed by atoms with Crippen molar-refractivity contribution in [3.05, 3.63) is 71.1 Å². The smallest absolute Gasteiger partial charge is 0.268 e. The predicted octanol–water partition coefficient (Wildman–Crippen LogP) is 9.37. The first-order valence-electron chi connectivity index (χ1n) is 11.4. The quantitative estimate of drug-likeness (QED) is 0.365. The molecule has 3 rings (SSSR count). The number of anilines is 2. The van der Waals surface area contributed by atoms with E-state index in [1.165, 1.54) is 9.80 Å². The van der Waals surface area contributed by atoms with Gasteiger partial charge in [0.25, 0.3) is 0 Å². The fourth-order valence-electron chi connectivity index (χ4n) is 4.43. The molecule has 0 N–H and O–H groups in total. The van der Waals surface area contributed by atoms with Crippen molar-refractivity contribution in [2.24, 2.45) is 0 Å². The molecule has 0 aromatic heterocycles. The van der Waals surface area contributed by atoms with Gasteiger partial charge >= 0.3 is 6.17 Å². The van der Waals surface area contributed by atoms with Gasteiger partial charge in [-0.2, -0.15) is 8.78 Å². The van der Waals surface area contributed by atoms with Gasteiger partial charge < -0.3 is 0 Å². The molecule has 33 heavy (non-hydrogen) atoms. The van der Waals surface area contributed by atoms with E-state index < -0.39 is 6.17 Å². The van der Waals surface area contributed by atoms with Crippen LogP contribution in [0.2, 0.25) is 0 Å². The molecule has 0 spiro atoms. The lowest BCUT2D eigenvalue weighted by Gasteiger charge is -2.37. The molecule has 0 radical (unpaired) electrons. The van der Waals surface area contributed by atoms with Gasteiger partial charge in [-0.1, -0.05) is 91.8 Å². The van der Waals surface area contributed by atoms with Gasteiger partial charge in [-0.25, -0.2) is 0 Å². The number of hydrogen-bond donors (Lipinski definition) is 0. The second-order valence-corrected chi connectivity index (χ2v) is 9.74. The molecule has 0 unspecified atom stereocenters. The Labute approximate surface area is 210 Å². The van der Waals surface area contributed by atoms with Gasteiger partial charge in [0.15, 0.2) is 0 Å². The minimum absolute atomic E-state index is 0. The van der Waals surface area contributed by atoms with E-state index >= 15 is 8.78 Å². The number of para-hydroxylation sites is 2. The maximum absolute atomic E-state index is 16.2. The number of benzene rings is 2. The minimum atomic E-state index is -3.21. The molecular formula is C27H38Cl2F2N2. The summed E-state index contributed by atoms with van der Waals surface area (Å²) in [6.45, 7) is 16.5. The normalized spacial score (nSPS) is 15.0. The number of alkyl halides is 2. The first-order chi connectivity index (χ1) is 14.5. The second kappa shape index (κ2) is 11.1. The molecule has 0 saturated heterocycles. The van der Waals surface area contributed by atoms with E-state index in [1.807, 2.05) is 36.4 Å². The van der Waals surface area contributed by atoms with Crippen LogP contribution in [0.4, 0.5) is 20.2 Å². The zero-order valence-corrected chi connectivity index (χ0v) is 22.5. The van der Waals surface area contributed by atoms with E-state index in [0.717, 1.165) is 22.3 Å². The van der Waals surface area contributed by atoms with Crippen LogP contribution in [-0.4, -0.2) is 6.17 Å². The molecule has 0 saturated carbocycles. The Kier molecular flexibility index (Phi) is 9.84. The highest BCUT2D eigenvalue weighted by molar-refractivity contribution is 5.85. The van der Waals surface area contributed by atoms with E-state index in [4.69, 9.17) is 0 Å². The van der Waals surface area contributed by atoms with Crippen molar-refractivity contribution in [1.29, 1.82) is 0 Å². The van der Waals surface area contributed by atoms with E-state index in [1.54, 1.807) is 12.4 Å². The van der Waals surface area contributed by atoms with Gasteiger partial charge in [-0.15, -0.1) is 24.8 Å². The van der Waals surface area contributed by atoms with Crippen LogP contribution in [0, 0.1) is 0 Å². The highest BCUT2D eigenvalue weighted by Gasteiger charge is 2.49. The van der Waals surface area contributed by atoms with Crippen LogP contribution in [0.15, 0.2) is 48.8 Å². The molecule has 2 aromatic rings. The van der Waals surface area contributed by atoms with Crippen molar-refractivity contribution in [2.75, 3.05) is 9.80 Å². The molecule has 6 heteroatoms. The number of nitrogens with zero attached hydrogens (tertiary/aromatic N) is 2. The van der Waals surface area contributed by atoms with E-state index in [-0.39, 0.29) is 48.5 Å². The average molecular weight is 500 g/mol. The lowest BCUT2D eigenvalue weighted by molar-refractivity contribution is 0.0200. The summed E-state index contributed by atoms with van der Waals surface area (Å²) in [6, 6.07) is 11.9. The monoisotopic (exact) mass is 498 g/mol. The molecule has 2 aromatic carbocycles. The molecule has 0 fully saturated rings. The Bertz CT molecular complexity index is 841. The van der Waals surface area contributed by atoms with Gasteiger partial charge in [0.05, 0.1) is 11.4 Å². The highest BCUT2D eigenvalue weighted by Crippen LogP contribution is 2.47. The van der Waals surface area contributed by atoms with Gasteiger partial charge in [0, 0.05) is 12.4 Å². The summed E-state index contributed by atoms with van der Waals surface area (Å²) in [4.78, 5) is 2.36. The summed E-state index contributed by atoms with van der Waals surface area (Å²) in [5.74, 6) is 0.560. The molecule has 0 bridgehead atoms. The Morgan fingerprint density at radius 1 is 0.545 bits per heavy atom. The van der Waals surface area contributed by atoms with Crippen LogP contribution >= 0.6 is 24.8 Å². The lowest BCUT2D eigenvalue weighted by atomic mass is 9.91. The molecular weight excluding hydrogens is 461 g/mol. The zero-order chi connectivity index (χ0) is 23.1. The van der Waals surface area contributed by atoms with E-state index in [0.29, 0.717) is 11.4 Å². The fraction of sp³-hybridized carbons (Fsp3) is 0.481. The maximum atomic E-state index is 16.2. The van der Waals surface area contributed by atoms with Gasteiger partial charge in [-0.05, 0) is 45.9 Å². The van der Waals surface area contributed by atoms with Crippen molar-refractivity contribution in [2.45, 2.75) is 85.2 Å². The molecule has 0 aliphatic carbocycles. The van der Waals surface area contributed by atoms with Crippen LogP contribution < -0.4 is 9.80 Å². The molecule has 0 atom stereocenters. The SMILES string of the molecule is CC(C)c1cccc(C(C)C)c1N1C=CN(c2c(C(C)C)cccc2C(C)C)C1(F)F.Cl.Cl. The Balaban J connectivity index is 0.00000272. The number of halogens is 4. The lowest BCUT2D eigenvalue weighted by Crippen LogP contribution is -2.47. The minimum Gasteiger partial charge on any atom is -0.268 e. The standard InChI is InChI=1S/C27H36F2N2.2ClH/c1-17(2)21-11-9-12-22(18(3)4)25(21)30-15-16-31(27(30,28)29)26-23(19(5)6)13-10-14-24(26)20(7)8;;/h9-20H,1-8H3;2*1H. The average Bonchev–Trinajstić information content (AvgIpc) is 3.00. The third kappa shape index (κ3) is 5.33. The summed E-state index contributed by atoms with van der Waals surface area (Å²) in [5, 5.41) is 0.